The Kier molecular flexibility index (Phi) is 6.59. The van der Waals surface area contributed by atoms with E-state index in [9.17, 15) is 4.79 Å². The molecule has 1 aliphatic carbocycles. The second-order valence-electron chi connectivity index (χ2n) is 9.02. The van der Waals surface area contributed by atoms with Crippen molar-refractivity contribution < 1.29 is 9.53 Å². The number of para-hydroxylation sites is 2. The van der Waals surface area contributed by atoms with E-state index >= 15 is 0 Å². The monoisotopic (exact) mass is 458 g/mol. The van der Waals surface area contributed by atoms with Gasteiger partial charge in [0.15, 0.2) is 0 Å². The molecular weight excluding hydrogens is 431 g/mol. The Morgan fingerprint density at radius 3 is 2.58 bits per heavy atom. The lowest BCUT2D eigenvalue weighted by Gasteiger charge is -2.36. The van der Waals surface area contributed by atoms with Crippen LogP contribution < -0.4 is 0 Å². The van der Waals surface area contributed by atoms with Crippen LogP contribution in [0.4, 0.5) is 0 Å². The first-order chi connectivity index (χ1) is 14.8. The lowest BCUT2D eigenvalue weighted by Crippen LogP contribution is -2.36. The molecule has 31 heavy (non-hydrogen) atoms. The van der Waals surface area contributed by atoms with Crippen LogP contribution in [0, 0.1) is 17.8 Å². The van der Waals surface area contributed by atoms with Crippen LogP contribution in [-0.4, -0.2) is 21.6 Å². The van der Waals surface area contributed by atoms with Gasteiger partial charge in [0.05, 0.1) is 11.0 Å². The molecule has 0 amide bonds. The summed E-state index contributed by atoms with van der Waals surface area (Å²) in [6.45, 7) is 6.76. The molecule has 4 rings (SSSR count). The van der Waals surface area contributed by atoms with Gasteiger partial charge in [-0.05, 0) is 60.9 Å². The molecule has 1 unspecified atom stereocenters. The van der Waals surface area contributed by atoms with Gasteiger partial charge in [0.25, 0.3) is 0 Å². The molecule has 0 spiro atoms. The van der Waals surface area contributed by atoms with Crippen molar-refractivity contribution in [2.75, 3.05) is 0 Å². The number of fused-ring (bicyclic) bond motifs is 1. The summed E-state index contributed by atoms with van der Waals surface area (Å²) in [5, 5.41) is 1.05. The summed E-state index contributed by atoms with van der Waals surface area (Å²) in [7, 11) is 0. The molecule has 4 nitrogen and oxygen atoms in total. The van der Waals surface area contributed by atoms with Crippen LogP contribution in [-0.2, 0) is 16.1 Å². The summed E-state index contributed by atoms with van der Waals surface area (Å²) >= 11 is 12.5. The standard InChI is InChI=1S/C25H28Cl2N2O2/c1-15(2)20-9-8-16(3)10-23(20)31-24(30)14-29-22-7-5-4-6-21(22)28-25(29)17-11-18(26)13-19(27)12-17/h4-7,11-13,15-16,20,23H,8-10,14H2,1-3H3/t16?,20-,23+/m0/s1. The van der Waals surface area contributed by atoms with E-state index in [2.05, 4.69) is 20.8 Å². The Hall–Kier alpha value is -2.04. The number of carbonyl (C=O) groups is 1. The molecule has 1 heterocycles. The van der Waals surface area contributed by atoms with Crippen molar-refractivity contribution in [3.05, 3.63) is 52.5 Å². The average molecular weight is 459 g/mol. The summed E-state index contributed by atoms with van der Waals surface area (Å²) in [6, 6.07) is 13.1. The smallest absolute Gasteiger partial charge is 0.326 e. The quantitative estimate of drug-likeness (QED) is 0.386. The van der Waals surface area contributed by atoms with Crippen LogP contribution >= 0.6 is 23.2 Å². The molecule has 1 aliphatic rings. The van der Waals surface area contributed by atoms with Gasteiger partial charge >= 0.3 is 5.97 Å². The van der Waals surface area contributed by atoms with Crippen LogP contribution in [0.15, 0.2) is 42.5 Å². The number of aromatic nitrogens is 2. The van der Waals surface area contributed by atoms with E-state index in [1.54, 1.807) is 6.07 Å². The number of halogens is 2. The minimum Gasteiger partial charge on any atom is -0.461 e. The van der Waals surface area contributed by atoms with Crippen molar-refractivity contribution in [2.45, 2.75) is 52.7 Å². The maximum Gasteiger partial charge on any atom is 0.326 e. The SMILES string of the molecule is CC1CC[C@@H](C(C)C)[C@H](OC(=O)Cn2c(-c3cc(Cl)cc(Cl)c3)nc3ccccc32)C1. The van der Waals surface area contributed by atoms with E-state index in [1.807, 2.05) is 41.0 Å². The molecule has 0 aliphatic heterocycles. The normalized spacial score (nSPS) is 21.5. The number of ether oxygens (including phenoxy) is 1. The lowest BCUT2D eigenvalue weighted by atomic mass is 9.75. The predicted octanol–water partition coefficient (Wildman–Crippen LogP) is 7.01. The zero-order chi connectivity index (χ0) is 22.1. The van der Waals surface area contributed by atoms with Crippen molar-refractivity contribution in [1.82, 2.24) is 9.55 Å². The highest BCUT2D eigenvalue weighted by Gasteiger charge is 2.33. The Balaban J connectivity index is 1.65. The number of esters is 1. The zero-order valence-electron chi connectivity index (χ0n) is 18.1. The first-order valence-corrected chi connectivity index (χ1v) is 11.7. The Bertz CT molecular complexity index is 1070. The van der Waals surface area contributed by atoms with Crippen molar-refractivity contribution in [1.29, 1.82) is 0 Å². The van der Waals surface area contributed by atoms with E-state index in [4.69, 9.17) is 32.9 Å². The first-order valence-electron chi connectivity index (χ1n) is 10.9. The molecule has 1 aromatic heterocycles. The van der Waals surface area contributed by atoms with Crippen molar-refractivity contribution in [3.8, 4) is 11.4 Å². The molecule has 164 valence electrons. The Labute approximate surface area is 193 Å². The predicted molar refractivity (Wildman–Crippen MR) is 126 cm³/mol. The van der Waals surface area contributed by atoms with E-state index in [0.29, 0.717) is 33.6 Å². The summed E-state index contributed by atoms with van der Waals surface area (Å²) in [6.07, 6.45) is 3.20. The molecule has 1 fully saturated rings. The van der Waals surface area contributed by atoms with Crippen LogP contribution in [0.3, 0.4) is 0 Å². The fourth-order valence-electron chi connectivity index (χ4n) is 4.72. The van der Waals surface area contributed by atoms with E-state index < -0.39 is 0 Å². The first kappa shape index (κ1) is 22.2. The van der Waals surface area contributed by atoms with E-state index in [-0.39, 0.29) is 18.6 Å². The van der Waals surface area contributed by atoms with Crippen LogP contribution in [0.5, 0.6) is 0 Å². The Morgan fingerprint density at radius 1 is 1.16 bits per heavy atom. The average Bonchev–Trinajstić information content (AvgIpc) is 3.05. The van der Waals surface area contributed by atoms with Gasteiger partial charge in [0.1, 0.15) is 18.5 Å². The van der Waals surface area contributed by atoms with Gasteiger partial charge in [0.2, 0.25) is 0 Å². The fraction of sp³-hybridized carbons (Fsp3) is 0.440. The van der Waals surface area contributed by atoms with Gasteiger partial charge in [-0.3, -0.25) is 4.79 Å². The highest BCUT2D eigenvalue weighted by atomic mass is 35.5. The van der Waals surface area contributed by atoms with Gasteiger partial charge < -0.3 is 9.30 Å². The third kappa shape index (κ3) is 4.91. The maximum absolute atomic E-state index is 13.1. The third-order valence-corrected chi connectivity index (χ3v) is 6.74. The van der Waals surface area contributed by atoms with E-state index in [0.717, 1.165) is 29.4 Å². The van der Waals surface area contributed by atoms with Gasteiger partial charge in [-0.25, -0.2) is 4.98 Å². The summed E-state index contributed by atoms with van der Waals surface area (Å²) in [5.74, 6) is 1.89. The molecule has 0 bridgehead atoms. The van der Waals surface area contributed by atoms with E-state index in [1.165, 1.54) is 6.42 Å². The molecule has 6 heteroatoms. The number of imidazole rings is 1. The number of benzene rings is 2. The topological polar surface area (TPSA) is 44.1 Å². The fourth-order valence-corrected chi connectivity index (χ4v) is 5.25. The highest BCUT2D eigenvalue weighted by molar-refractivity contribution is 6.35. The third-order valence-electron chi connectivity index (χ3n) is 6.31. The van der Waals surface area contributed by atoms with Crippen molar-refractivity contribution in [3.63, 3.8) is 0 Å². The van der Waals surface area contributed by atoms with Crippen LogP contribution in [0.25, 0.3) is 22.4 Å². The van der Waals surface area contributed by atoms with Crippen molar-refractivity contribution in [2.24, 2.45) is 17.8 Å². The second-order valence-corrected chi connectivity index (χ2v) is 9.90. The number of carbonyl (C=O) groups excluding carboxylic acids is 1. The summed E-state index contributed by atoms with van der Waals surface area (Å²) < 4.78 is 7.96. The van der Waals surface area contributed by atoms with Crippen molar-refractivity contribution >= 4 is 40.2 Å². The molecule has 0 N–H and O–H groups in total. The zero-order valence-corrected chi connectivity index (χ0v) is 19.7. The Morgan fingerprint density at radius 2 is 1.87 bits per heavy atom. The lowest BCUT2D eigenvalue weighted by molar-refractivity contribution is -0.156. The largest absolute Gasteiger partial charge is 0.461 e. The van der Waals surface area contributed by atoms with Gasteiger partial charge in [-0.1, -0.05) is 62.5 Å². The van der Waals surface area contributed by atoms with Crippen LogP contribution in [0.1, 0.15) is 40.0 Å². The maximum atomic E-state index is 13.1. The molecule has 0 saturated heterocycles. The number of rotatable bonds is 5. The number of nitrogens with zero attached hydrogens (tertiary/aromatic N) is 2. The van der Waals surface area contributed by atoms with Gasteiger partial charge in [0, 0.05) is 15.6 Å². The molecular formula is C25H28Cl2N2O2. The number of hydrogen-bond donors (Lipinski definition) is 0. The molecule has 1 saturated carbocycles. The molecule has 2 aromatic carbocycles. The minimum absolute atomic E-state index is 0.0323. The minimum atomic E-state index is -0.234. The summed E-state index contributed by atoms with van der Waals surface area (Å²) in [5.41, 5.74) is 2.46. The second kappa shape index (κ2) is 9.22. The highest BCUT2D eigenvalue weighted by Crippen LogP contribution is 2.36. The molecule has 0 radical (unpaired) electrons. The van der Waals surface area contributed by atoms with Crippen LogP contribution in [0.2, 0.25) is 10.0 Å². The molecule has 3 aromatic rings. The summed E-state index contributed by atoms with van der Waals surface area (Å²) in [4.78, 5) is 17.8. The number of hydrogen-bond acceptors (Lipinski definition) is 3. The molecule has 3 atom stereocenters. The van der Waals surface area contributed by atoms with Gasteiger partial charge in [-0.15, -0.1) is 0 Å². The van der Waals surface area contributed by atoms with Gasteiger partial charge in [-0.2, -0.15) is 0 Å².